The Morgan fingerprint density at radius 3 is 2.24 bits per heavy atom. The lowest BCUT2D eigenvalue weighted by molar-refractivity contribution is 0.523. The lowest BCUT2D eigenvalue weighted by atomic mass is 10.2. The summed E-state index contributed by atoms with van der Waals surface area (Å²) in [4.78, 5) is 0.679. The highest BCUT2D eigenvalue weighted by molar-refractivity contribution is 7.90. The van der Waals surface area contributed by atoms with E-state index in [4.69, 9.17) is 16.6 Å². The Balaban J connectivity index is 2.50. The number of hydrogen-bond donors (Lipinski definition) is 0. The maximum absolute atomic E-state index is 11.3. The molecule has 0 fully saturated rings. The van der Waals surface area contributed by atoms with Gasteiger partial charge in [-0.2, -0.15) is 0 Å². The van der Waals surface area contributed by atoms with Gasteiger partial charge >= 0.3 is 0 Å². The molecule has 4 nitrogen and oxygen atoms in total. The zero-order valence-electron chi connectivity index (χ0n) is 9.38. The molecule has 0 radical (unpaired) electrons. The van der Waals surface area contributed by atoms with Crippen molar-refractivity contribution in [2.45, 2.75) is 4.90 Å². The third kappa shape index (κ3) is 2.32. The lowest BCUT2D eigenvalue weighted by Gasteiger charge is -2.02. The maximum Gasteiger partial charge on any atom is 0.268 e. The second kappa shape index (κ2) is 4.12. The minimum absolute atomic E-state index is 0.297. The van der Waals surface area contributed by atoms with Crippen LogP contribution >= 0.6 is 12.2 Å². The Morgan fingerprint density at radius 1 is 1.24 bits per heavy atom. The maximum atomic E-state index is 11.3. The van der Waals surface area contributed by atoms with Crippen molar-refractivity contribution in [3.8, 4) is 11.3 Å². The van der Waals surface area contributed by atoms with Gasteiger partial charge in [-0.15, -0.1) is 0 Å². The zero-order valence-corrected chi connectivity index (χ0v) is 11.0. The molecule has 0 saturated carbocycles. The third-order valence-electron chi connectivity index (χ3n) is 2.48. The highest BCUT2D eigenvalue weighted by atomic mass is 32.2. The number of sulfone groups is 1. The summed E-state index contributed by atoms with van der Waals surface area (Å²) in [5.74, 6) is 0. The molecule has 90 valence electrons. The smallest absolute Gasteiger partial charge is 0.268 e. The van der Waals surface area contributed by atoms with Gasteiger partial charge in [0.05, 0.1) is 10.6 Å². The van der Waals surface area contributed by atoms with Crippen LogP contribution in [0.1, 0.15) is 0 Å². The van der Waals surface area contributed by atoms with Gasteiger partial charge in [-0.25, -0.2) is 8.42 Å². The monoisotopic (exact) mass is 269 g/mol. The zero-order chi connectivity index (χ0) is 12.6. The fraction of sp³-hybridized carbons (Fsp3) is 0.182. The third-order valence-corrected chi connectivity index (χ3v) is 3.98. The molecule has 0 spiro atoms. The van der Waals surface area contributed by atoms with E-state index in [9.17, 15) is 8.42 Å². The van der Waals surface area contributed by atoms with Crippen LogP contribution in [0, 0.1) is 4.84 Å². The average molecular weight is 269 g/mol. The number of oxazole rings is 1. The van der Waals surface area contributed by atoms with E-state index in [1.807, 2.05) is 0 Å². The molecule has 0 saturated heterocycles. The summed E-state index contributed by atoms with van der Waals surface area (Å²) in [7, 11) is -1.36. The molecule has 0 bridgehead atoms. The van der Waals surface area contributed by atoms with Gasteiger partial charge < -0.3 is 8.98 Å². The van der Waals surface area contributed by atoms with Crippen LogP contribution in [0.2, 0.25) is 0 Å². The molecule has 0 unspecified atom stereocenters. The Hall–Kier alpha value is -1.40. The van der Waals surface area contributed by atoms with E-state index >= 15 is 0 Å². The fourth-order valence-corrected chi connectivity index (χ4v) is 2.27. The second-order valence-corrected chi connectivity index (χ2v) is 6.11. The first-order valence-electron chi connectivity index (χ1n) is 4.84. The number of aromatic nitrogens is 1. The Morgan fingerprint density at radius 2 is 1.82 bits per heavy atom. The Kier molecular flexibility index (Phi) is 2.92. The summed E-state index contributed by atoms with van der Waals surface area (Å²) < 4.78 is 29.5. The minimum atomic E-state index is -3.16. The number of rotatable bonds is 2. The van der Waals surface area contributed by atoms with Crippen molar-refractivity contribution in [3.63, 3.8) is 0 Å². The van der Waals surface area contributed by atoms with E-state index in [0.29, 0.717) is 9.73 Å². The van der Waals surface area contributed by atoms with Gasteiger partial charge in [0.1, 0.15) is 6.26 Å². The Labute approximate surface area is 104 Å². The predicted octanol–water partition coefficient (Wildman–Crippen LogP) is 2.42. The van der Waals surface area contributed by atoms with E-state index in [1.165, 1.54) is 6.26 Å². The topological polar surface area (TPSA) is 52.2 Å². The first kappa shape index (κ1) is 12.1. The fourth-order valence-electron chi connectivity index (χ4n) is 1.50. The molecule has 0 N–H and O–H groups in total. The van der Waals surface area contributed by atoms with E-state index in [2.05, 4.69) is 0 Å². The van der Waals surface area contributed by atoms with Crippen molar-refractivity contribution >= 4 is 22.1 Å². The van der Waals surface area contributed by atoms with Gasteiger partial charge in [0, 0.05) is 18.9 Å². The van der Waals surface area contributed by atoms with Crippen LogP contribution in [-0.4, -0.2) is 19.2 Å². The highest BCUT2D eigenvalue weighted by Crippen LogP contribution is 2.21. The quantitative estimate of drug-likeness (QED) is 0.786. The molecular weight excluding hydrogens is 258 g/mol. The van der Waals surface area contributed by atoms with Crippen molar-refractivity contribution in [2.75, 3.05) is 6.26 Å². The standard InChI is InChI=1S/C11H11NO3S2/c1-12-10(7-15-11(12)16)8-3-5-9(6-4-8)17(2,13)14/h3-7H,1-2H3. The summed E-state index contributed by atoms with van der Waals surface area (Å²) in [5.41, 5.74) is 1.68. The lowest BCUT2D eigenvalue weighted by Crippen LogP contribution is -1.97. The van der Waals surface area contributed by atoms with Crippen molar-refractivity contribution in [1.29, 1.82) is 0 Å². The SMILES string of the molecule is Cn1c(-c2ccc(S(C)(=O)=O)cc2)coc1=S. The van der Waals surface area contributed by atoms with Crippen LogP contribution in [0.5, 0.6) is 0 Å². The molecular formula is C11H11NO3S2. The molecule has 0 aliphatic heterocycles. The first-order valence-corrected chi connectivity index (χ1v) is 7.14. The van der Waals surface area contributed by atoms with Crippen molar-refractivity contribution < 1.29 is 12.8 Å². The summed E-state index contributed by atoms with van der Waals surface area (Å²) in [5, 5.41) is 0. The first-order chi connectivity index (χ1) is 7.89. The van der Waals surface area contributed by atoms with E-state index in [1.54, 1.807) is 42.1 Å². The minimum Gasteiger partial charge on any atom is -0.437 e. The molecule has 0 amide bonds. The van der Waals surface area contributed by atoms with Crippen molar-refractivity contribution in [3.05, 3.63) is 35.4 Å². The summed E-state index contributed by atoms with van der Waals surface area (Å²) >= 11 is 4.96. The van der Waals surface area contributed by atoms with Crippen LogP contribution in [0.4, 0.5) is 0 Å². The molecule has 0 aliphatic rings. The van der Waals surface area contributed by atoms with Gasteiger partial charge in [0.15, 0.2) is 9.84 Å². The molecule has 1 aromatic carbocycles. The van der Waals surface area contributed by atoms with Crippen LogP contribution in [-0.2, 0) is 16.9 Å². The van der Waals surface area contributed by atoms with Gasteiger partial charge in [-0.05, 0) is 24.4 Å². The van der Waals surface area contributed by atoms with E-state index in [-0.39, 0.29) is 0 Å². The van der Waals surface area contributed by atoms with E-state index in [0.717, 1.165) is 11.3 Å². The second-order valence-electron chi connectivity index (χ2n) is 3.74. The van der Waals surface area contributed by atoms with Gasteiger partial charge in [-0.1, -0.05) is 12.1 Å². The number of benzene rings is 1. The van der Waals surface area contributed by atoms with Gasteiger partial charge in [0.2, 0.25) is 0 Å². The van der Waals surface area contributed by atoms with Crippen LogP contribution in [0.3, 0.4) is 0 Å². The van der Waals surface area contributed by atoms with Crippen molar-refractivity contribution in [1.82, 2.24) is 4.57 Å². The normalized spacial score (nSPS) is 11.6. The summed E-state index contributed by atoms with van der Waals surface area (Å²) in [6.45, 7) is 0. The molecule has 1 aromatic heterocycles. The molecule has 2 aromatic rings. The predicted molar refractivity (Wildman–Crippen MR) is 67.1 cm³/mol. The summed E-state index contributed by atoms with van der Waals surface area (Å²) in [6.07, 6.45) is 2.74. The molecule has 6 heteroatoms. The van der Waals surface area contributed by atoms with Crippen LogP contribution in [0.25, 0.3) is 11.3 Å². The van der Waals surface area contributed by atoms with Crippen LogP contribution < -0.4 is 0 Å². The molecule has 0 atom stereocenters. The molecule has 1 heterocycles. The molecule has 2 rings (SSSR count). The Bertz CT molecular complexity index is 693. The van der Waals surface area contributed by atoms with E-state index < -0.39 is 9.84 Å². The van der Waals surface area contributed by atoms with Gasteiger partial charge in [-0.3, -0.25) is 0 Å². The van der Waals surface area contributed by atoms with Crippen molar-refractivity contribution in [2.24, 2.45) is 7.05 Å². The summed E-state index contributed by atoms with van der Waals surface area (Å²) in [6, 6.07) is 6.60. The number of nitrogens with zero attached hydrogens (tertiary/aromatic N) is 1. The highest BCUT2D eigenvalue weighted by Gasteiger charge is 2.09. The molecule has 0 aliphatic carbocycles. The number of hydrogen-bond acceptors (Lipinski definition) is 4. The molecule has 17 heavy (non-hydrogen) atoms. The largest absolute Gasteiger partial charge is 0.437 e. The average Bonchev–Trinajstić information content (AvgIpc) is 2.59. The van der Waals surface area contributed by atoms with Gasteiger partial charge in [0.25, 0.3) is 4.84 Å². The van der Waals surface area contributed by atoms with Crippen LogP contribution in [0.15, 0.2) is 39.8 Å².